The van der Waals surface area contributed by atoms with Crippen LogP contribution in [0, 0.1) is 0 Å². The van der Waals surface area contributed by atoms with E-state index in [9.17, 15) is 31.1 Å². The van der Waals surface area contributed by atoms with E-state index in [1.165, 1.54) is 6.07 Å². The van der Waals surface area contributed by atoms with Gasteiger partial charge in [0, 0.05) is 5.38 Å². The third-order valence-electron chi connectivity index (χ3n) is 2.66. The first-order chi connectivity index (χ1) is 10.6. The number of rotatable bonds is 3. The Morgan fingerprint density at radius 2 is 1.83 bits per heavy atom. The number of alkyl halides is 6. The van der Waals surface area contributed by atoms with Gasteiger partial charge in [0.2, 0.25) is 5.91 Å². The number of nitrogens with one attached hydrogen (secondary N) is 1. The predicted molar refractivity (Wildman–Crippen MR) is 70.9 cm³/mol. The summed E-state index contributed by atoms with van der Waals surface area (Å²) in [5, 5.41) is 2.60. The van der Waals surface area contributed by atoms with Crippen molar-refractivity contribution in [3.8, 4) is 0 Å². The lowest BCUT2D eigenvalue weighted by molar-refractivity contribution is -0.140. The van der Waals surface area contributed by atoms with Crippen molar-refractivity contribution in [1.82, 2.24) is 4.98 Å². The van der Waals surface area contributed by atoms with Gasteiger partial charge in [0.1, 0.15) is 0 Å². The molecule has 1 aromatic carbocycles. The third kappa shape index (κ3) is 4.68. The van der Waals surface area contributed by atoms with Crippen molar-refractivity contribution in [2.24, 2.45) is 0 Å². The average molecular weight is 354 g/mol. The zero-order valence-corrected chi connectivity index (χ0v) is 11.9. The van der Waals surface area contributed by atoms with Gasteiger partial charge in [-0.2, -0.15) is 26.3 Å². The molecule has 0 aliphatic carbocycles. The maximum absolute atomic E-state index is 12.6. The molecule has 0 bridgehead atoms. The van der Waals surface area contributed by atoms with Crippen molar-refractivity contribution in [2.45, 2.75) is 18.8 Å². The smallest absolute Gasteiger partial charge is 0.302 e. The van der Waals surface area contributed by atoms with E-state index in [1.54, 1.807) is 0 Å². The summed E-state index contributed by atoms with van der Waals surface area (Å²) in [6, 6.07) is 4.13. The highest BCUT2D eigenvalue weighted by Crippen LogP contribution is 2.32. The van der Waals surface area contributed by atoms with Crippen LogP contribution >= 0.6 is 11.3 Å². The fourth-order valence-corrected chi connectivity index (χ4v) is 2.40. The molecule has 23 heavy (non-hydrogen) atoms. The highest BCUT2D eigenvalue weighted by molar-refractivity contribution is 7.13. The zero-order chi connectivity index (χ0) is 17.3. The number of carbonyl (C=O) groups is 1. The molecule has 0 saturated heterocycles. The number of nitrogens with zero attached hydrogens (tertiary/aromatic N) is 1. The number of aromatic nitrogens is 1. The van der Waals surface area contributed by atoms with Gasteiger partial charge in [-0.1, -0.05) is 18.2 Å². The number of amides is 1. The maximum atomic E-state index is 12.6. The SMILES string of the molecule is O=C(Cc1cccc(C(F)(F)F)c1)Nc1nc(C(F)(F)F)cs1. The highest BCUT2D eigenvalue weighted by atomic mass is 32.1. The van der Waals surface area contributed by atoms with E-state index < -0.39 is 35.9 Å². The van der Waals surface area contributed by atoms with E-state index in [0.717, 1.165) is 23.6 Å². The van der Waals surface area contributed by atoms with Gasteiger partial charge in [-0.15, -0.1) is 11.3 Å². The van der Waals surface area contributed by atoms with E-state index in [-0.39, 0.29) is 10.7 Å². The van der Waals surface area contributed by atoms with Crippen LogP contribution < -0.4 is 5.32 Å². The van der Waals surface area contributed by atoms with Crippen LogP contribution in [0.5, 0.6) is 0 Å². The number of halogens is 6. The largest absolute Gasteiger partial charge is 0.434 e. The summed E-state index contributed by atoms with van der Waals surface area (Å²) >= 11 is 0.580. The number of benzene rings is 1. The van der Waals surface area contributed by atoms with Crippen LogP contribution in [0.1, 0.15) is 16.8 Å². The van der Waals surface area contributed by atoms with E-state index in [4.69, 9.17) is 0 Å². The Balaban J connectivity index is 2.04. The Bertz CT molecular complexity index is 707. The summed E-state index contributed by atoms with van der Waals surface area (Å²) < 4.78 is 74.8. The van der Waals surface area contributed by atoms with Crippen LogP contribution in [0.2, 0.25) is 0 Å². The van der Waals surface area contributed by atoms with Gasteiger partial charge in [0.25, 0.3) is 0 Å². The number of hydrogen-bond acceptors (Lipinski definition) is 3. The summed E-state index contributed by atoms with van der Waals surface area (Å²) in [6.45, 7) is 0. The summed E-state index contributed by atoms with van der Waals surface area (Å²) in [6.07, 6.45) is -9.57. The first-order valence-electron chi connectivity index (χ1n) is 6.04. The van der Waals surface area contributed by atoms with E-state index in [1.807, 2.05) is 0 Å². The van der Waals surface area contributed by atoms with Crippen LogP contribution in [0.15, 0.2) is 29.6 Å². The van der Waals surface area contributed by atoms with Gasteiger partial charge in [0.05, 0.1) is 12.0 Å². The molecule has 1 amide bonds. The van der Waals surface area contributed by atoms with Gasteiger partial charge in [-0.25, -0.2) is 4.98 Å². The summed E-state index contributed by atoms with van der Waals surface area (Å²) in [5.74, 6) is -0.757. The van der Waals surface area contributed by atoms with Crippen molar-refractivity contribution in [3.63, 3.8) is 0 Å². The second-order valence-corrected chi connectivity index (χ2v) is 5.32. The molecule has 124 valence electrons. The van der Waals surface area contributed by atoms with Crippen LogP contribution in [-0.2, 0) is 23.6 Å². The summed E-state index contributed by atoms with van der Waals surface area (Å²) in [4.78, 5) is 14.9. The first kappa shape index (κ1) is 17.3. The standard InChI is InChI=1S/C13H8F6N2OS/c14-12(15,16)8-3-1-2-7(4-8)5-10(22)21-11-20-9(6-23-11)13(17,18)19/h1-4,6H,5H2,(H,20,21,22). The molecule has 0 radical (unpaired) electrons. The molecule has 0 aliphatic rings. The normalized spacial score (nSPS) is 12.3. The Hall–Kier alpha value is -2.10. The molecular weight excluding hydrogens is 346 g/mol. The molecule has 0 spiro atoms. The van der Waals surface area contributed by atoms with Crippen LogP contribution in [-0.4, -0.2) is 10.9 Å². The monoisotopic (exact) mass is 354 g/mol. The lowest BCUT2D eigenvalue weighted by Gasteiger charge is -2.08. The molecule has 2 rings (SSSR count). The molecule has 0 atom stereocenters. The minimum Gasteiger partial charge on any atom is -0.302 e. The molecule has 1 N–H and O–H groups in total. The van der Waals surface area contributed by atoms with Gasteiger partial charge < -0.3 is 5.32 Å². The number of thiazole rings is 1. The van der Waals surface area contributed by atoms with Crippen LogP contribution in [0.25, 0.3) is 0 Å². The van der Waals surface area contributed by atoms with E-state index in [0.29, 0.717) is 11.3 Å². The van der Waals surface area contributed by atoms with Gasteiger partial charge in [-0.3, -0.25) is 4.79 Å². The Kier molecular flexibility index (Phi) is 4.64. The molecule has 0 saturated carbocycles. The van der Waals surface area contributed by atoms with Crippen molar-refractivity contribution < 1.29 is 31.1 Å². The third-order valence-corrected chi connectivity index (χ3v) is 3.42. The zero-order valence-electron chi connectivity index (χ0n) is 11.1. The fourth-order valence-electron chi connectivity index (χ4n) is 1.67. The minimum atomic E-state index is -4.62. The van der Waals surface area contributed by atoms with Crippen molar-refractivity contribution >= 4 is 22.4 Å². The second kappa shape index (κ2) is 6.19. The lowest BCUT2D eigenvalue weighted by Crippen LogP contribution is -2.15. The fraction of sp³-hybridized carbons (Fsp3) is 0.231. The Morgan fingerprint density at radius 3 is 2.39 bits per heavy atom. The quantitative estimate of drug-likeness (QED) is 0.832. The van der Waals surface area contributed by atoms with Gasteiger partial charge in [-0.05, 0) is 11.6 Å². The topological polar surface area (TPSA) is 42.0 Å². The van der Waals surface area contributed by atoms with Gasteiger partial charge in [0.15, 0.2) is 10.8 Å². The number of anilines is 1. The molecular formula is C13H8F6N2OS. The molecule has 2 aromatic rings. The molecule has 1 heterocycles. The maximum Gasteiger partial charge on any atom is 0.434 e. The van der Waals surface area contributed by atoms with Crippen molar-refractivity contribution in [3.05, 3.63) is 46.5 Å². The molecule has 1 aromatic heterocycles. The van der Waals surface area contributed by atoms with Crippen LogP contribution in [0.3, 0.4) is 0 Å². The van der Waals surface area contributed by atoms with E-state index in [2.05, 4.69) is 10.3 Å². The molecule has 0 fully saturated rings. The Morgan fingerprint density at radius 1 is 1.13 bits per heavy atom. The highest BCUT2D eigenvalue weighted by Gasteiger charge is 2.34. The minimum absolute atomic E-state index is 0.0879. The van der Waals surface area contributed by atoms with Gasteiger partial charge >= 0.3 is 12.4 Å². The van der Waals surface area contributed by atoms with Crippen molar-refractivity contribution in [1.29, 1.82) is 0 Å². The molecule has 3 nitrogen and oxygen atoms in total. The second-order valence-electron chi connectivity index (χ2n) is 4.46. The molecule has 10 heteroatoms. The summed E-state index contributed by atoms with van der Waals surface area (Å²) in [7, 11) is 0. The Labute approximate surface area is 130 Å². The predicted octanol–water partition coefficient (Wildman–Crippen LogP) is 4.36. The van der Waals surface area contributed by atoms with Crippen molar-refractivity contribution in [2.75, 3.05) is 5.32 Å². The van der Waals surface area contributed by atoms with Crippen LogP contribution in [0.4, 0.5) is 31.5 Å². The average Bonchev–Trinajstić information content (AvgIpc) is 2.86. The first-order valence-corrected chi connectivity index (χ1v) is 6.92. The number of carbonyl (C=O) groups excluding carboxylic acids is 1. The molecule has 0 unspecified atom stereocenters. The lowest BCUT2D eigenvalue weighted by atomic mass is 10.1. The van der Waals surface area contributed by atoms with E-state index >= 15 is 0 Å². The number of hydrogen-bond donors (Lipinski definition) is 1. The summed E-state index contributed by atoms with van der Waals surface area (Å²) in [5.41, 5.74) is -1.96. The molecule has 0 aliphatic heterocycles.